The molecule has 14 heavy (non-hydrogen) atoms. The molecule has 0 aromatic heterocycles. The molecule has 0 saturated heterocycles. The van der Waals surface area contributed by atoms with E-state index < -0.39 is 0 Å². The number of hydrogen-bond donors (Lipinski definition) is 2. The van der Waals surface area contributed by atoms with Crippen LogP contribution >= 0.6 is 0 Å². The van der Waals surface area contributed by atoms with Crippen LogP contribution in [0.15, 0.2) is 24.3 Å². The minimum Gasteiger partial charge on any atom is -0.329 e. The van der Waals surface area contributed by atoms with E-state index in [2.05, 4.69) is 10.6 Å². The molecular formula is C10H12N2O2. The summed E-state index contributed by atoms with van der Waals surface area (Å²) in [5, 5.41) is 5.21. The van der Waals surface area contributed by atoms with Crippen molar-refractivity contribution in [3.8, 4) is 0 Å². The number of hydrogen-bond acceptors (Lipinski definition) is 2. The second-order valence-electron chi connectivity index (χ2n) is 2.74. The Morgan fingerprint density at radius 2 is 1.86 bits per heavy atom. The van der Waals surface area contributed by atoms with Gasteiger partial charge < -0.3 is 10.6 Å². The van der Waals surface area contributed by atoms with E-state index in [9.17, 15) is 9.59 Å². The summed E-state index contributed by atoms with van der Waals surface area (Å²) in [6, 6.07) is 6.91. The normalized spacial score (nSPS) is 9.21. The number of benzene rings is 1. The zero-order valence-corrected chi connectivity index (χ0v) is 7.91. The van der Waals surface area contributed by atoms with Crippen molar-refractivity contribution < 1.29 is 9.59 Å². The van der Waals surface area contributed by atoms with E-state index in [1.807, 2.05) is 0 Å². The van der Waals surface area contributed by atoms with E-state index in [0.29, 0.717) is 18.5 Å². The van der Waals surface area contributed by atoms with E-state index in [4.69, 9.17) is 0 Å². The number of amides is 2. The van der Waals surface area contributed by atoms with E-state index in [1.165, 1.54) is 0 Å². The number of rotatable bonds is 4. The van der Waals surface area contributed by atoms with Gasteiger partial charge >= 0.3 is 0 Å². The number of nitrogens with one attached hydrogen (secondary N) is 2. The van der Waals surface area contributed by atoms with Crippen molar-refractivity contribution in [2.75, 3.05) is 10.6 Å². The minimum absolute atomic E-state index is 0.0268. The molecule has 2 amide bonds. The van der Waals surface area contributed by atoms with Gasteiger partial charge in [0.05, 0.1) is 0 Å². The zero-order valence-electron chi connectivity index (χ0n) is 7.91. The zero-order chi connectivity index (χ0) is 10.4. The maximum Gasteiger partial charge on any atom is 0.224 e. The molecule has 0 aliphatic carbocycles. The highest BCUT2D eigenvalue weighted by molar-refractivity contribution is 5.90. The van der Waals surface area contributed by atoms with Gasteiger partial charge in [-0.2, -0.15) is 0 Å². The lowest BCUT2D eigenvalue weighted by atomic mass is 10.2. The van der Waals surface area contributed by atoms with Crippen LogP contribution in [0.2, 0.25) is 0 Å². The van der Waals surface area contributed by atoms with Crippen LogP contribution in [0.4, 0.5) is 11.4 Å². The lowest BCUT2D eigenvalue weighted by molar-refractivity contribution is -0.115. The molecule has 2 N–H and O–H groups in total. The van der Waals surface area contributed by atoms with Crippen LogP contribution < -0.4 is 10.6 Å². The molecule has 0 aliphatic heterocycles. The van der Waals surface area contributed by atoms with Crippen molar-refractivity contribution in [1.82, 2.24) is 0 Å². The van der Waals surface area contributed by atoms with Gasteiger partial charge in [0.25, 0.3) is 0 Å². The number of carbonyl (C=O) groups is 2. The van der Waals surface area contributed by atoms with Gasteiger partial charge in [0.1, 0.15) is 0 Å². The summed E-state index contributed by atoms with van der Waals surface area (Å²) in [6.07, 6.45) is 1.06. The van der Waals surface area contributed by atoms with Crippen molar-refractivity contribution in [1.29, 1.82) is 0 Å². The largest absolute Gasteiger partial charge is 0.329 e. The molecule has 0 aliphatic rings. The molecule has 0 radical (unpaired) electrons. The molecule has 1 aromatic carbocycles. The summed E-state index contributed by atoms with van der Waals surface area (Å²) in [5.74, 6) is -0.0268. The Kier molecular flexibility index (Phi) is 3.67. The minimum atomic E-state index is -0.0268. The Morgan fingerprint density at radius 3 is 2.36 bits per heavy atom. The molecule has 0 fully saturated rings. The lowest BCUT2D eigenvalue weighted by Gasteiger charge is -2.04. The SMILES string of the molecule is CCC(=O)Nc1ccc(NC=O)cc1. The van der Waals surface area contributed by atoms with Crippen molar-refractivity contribution in [2.24, 2.45) is 0 Å². The maximum atomic E-state index is 11.0. The lowest BCUT2D eigenvalue weighted by Crippen LogP contribution is -2.09. The third kappa shape index (κ3) is 2.90. The van der Waals surface area contributed by atoms with Crippen molar-refractivity contribution >= 4 is 23.7 Å². The molecule has 4 heteroatoms. The van der Waals surface area contributed by atoms with Crippen molar-refractivity contribution in [3.63, 3.8) is 0 Å². The molecule has 1 rings (SSSR count). The Hall–Kier alpha value is -1.84. The fraction of sp³-hybridized carbons (Fsp3) is 0.200. The summed E-state index contributed by atoms with van der Waals surface area (Å²) in [4.78, 5) is 21.1. The highest BCUT2D eigenvalue weighted by Gasteiger charge is 1.97. The molecule has 74 valence electrons. The first-order chi connectivity index (χ1) is 6.76. The van der Waals surface area contributed by atoms with Gasteiger partial charge in [-0.25, -0.2) is 0 Å². The van der Waals surface area contributed by atoms with Gasteiger partial charge in [-0.05, 0) is 24.3 Å². The number of anilines is 2. The Morgan fingerprint density at radius 1 is 1.29 bits per heavy atom. The monoisotopic (exact) mass is 192 g/mol. The Labute approximate surface area is 82.3 Å². The van der Waals surface area contributed by atoms with Crippen LogP contribution in [0.1, 0.15) is 13.3 Å². The second kappa shape index (κ2) is 5.01. The van der Waals surface area contributed by atoms with Gasteiger partial charge in [-0.3, -0.25) is 9.59 Å². The highest BCUT2D eigenvalue weighted by Crippen LogP contribution is 2.12. The third-order valence-corrected chi connectivity index (χ3v) is 1.72. The number of carbonyl (C=O) groups excluding carboxylic acids is 2. The molecule has 0 atom stereocenters. The van der Waals surface area contributed by atoms with Gasteiger partial charge in [0.2, 0.25) is 12.3 Å². The first-order valence-corrected chi connectivity index (χ1v) is 4.36. The van der Waals surface area contributed by atoms with Crippen LogP contribution in [0.3, 0.4) is 0 Å². The van der Waals surface area contributed by atoms with Gasteiger partial charge in [-0.1, -0.05) is 6.92 Å². The van der Waals surface area contributed by atoms with Crippen LogP contribution in [0, 0.1) is 0 Å². The van der Waals surface area contributed by atoms with Crippen molar-refractivity contribution in [2.45, 2.75) is 13.3 Å². The average molecular weight is 192 g/mol. The Bertz CT molecular complexity index is 319. The summed E-state index contributed by atoms with van der Waals surface area (Å²) < 4.78 is 0. The quantitative estimate of drug-likeness (QED) is 0.712. The third-order valence-electron chi connectivity index (χ3n) is 1.72. The smallest absolute Gasteiger partial charge is 0.224 e. The molecule has 1 aromatic rings. The first kappa shape index (κ1) is 10.2. The van der Waals surface area contributed by atoms with E-state index >= 15 is 0 Å². The van der Waals surface area contributed by atoms with E-state index in [1.54, 1.807) is 31.2 Å². The van der Waals surface area contributed by atoms with Crippen LogP contribution in [0.25, 0.3) is 0 Å². The van der Waals surface area contributed by atoms with Crippen LogP contribution in [0.5, 0.6) is 0 Å². The predicted octanol–water partition coefficient (Wildman–Crippen LogP) is 1.60. The molecule has 4 nitrogen and oxygen atoms in total. The standard InChI is InChI=1S/C10H12N2O2/c1-2-10(14)12-9-5-3-8(4-6-9)11-7-13/h3-7H,2H2,1H3,(H,11,13)(H,12,14). The van der Waals surface area contributed by atoms with Crippen molar-refractivity contribution in [3.05, 3.63) is 24.3 Å². The summed E-state index contributed by atoms with van der Waals surface area (Å²) in [7, 11) is 0. The fourth-order valence-corrected chi connectivity index (χ4v) is 0.967. The van der Waals surface area contributed by atoms with E-state index in [0.717, 1.165) is 5.69 Å². The first-order valence-electron chi connectivity index (χ1n) is 4.36. The molecule has 0 unspecified atom stereocenters. The average Bonchev–Trinajstić information content (AvgIpc) is 2.21. The molecule has 0 heterocycles. The highest BCUT2D eigenvalue weighted by atomic mass is 16.1. The summed E-state index contributed by atoms with van der Waals surface area (Å²) in [6.45, 7) is 1.79. The predicted molar refractivity (Wildman–Crippen MR) is 55.0 cm³/mol. The maximum absolute atomic E-state index is 11.0. The Balaban J connectivity index is 2.63. The fourth-order valence-electron chi connectivity index (χ4n) is 0.967. The topological polar surface area (TPSA) is 58.2 Å². The molecule has 0 saturated carbocycles. The second-order valence-corrected chi connectivity index (χ2v) is 2.74. The molecular weight excluding hydrogens is 180 g/mol. The van der Waals surface area contributed by atoms with Gasteiger partial charge in [0.15, 0.2) is 0 Å². The molecule has 0 bridgehead atoms. The summed E-state index contributed by atoms with van der Waals surface area (Å²) >= 11 is 0. The van der Waals surface area contributed by atoms with Crippen LogP contribution in [-0.4, -0.2) is 12.3 Å². The van der Waals surface area contributed by atoms with Gasteiger partial charge in [0, 0.05) is 17.8 Å². The molecule has 0 spiro atoms. The summed E-state index contributed by atoms with van der Waals surface area (Å²) in [5.41, 5.74) is 1.43. The van der Waals surface area contributed by atoms with E-state index in [-0.39, 0.29) is 5.91 Å². The van der Waals surface area contributed by atoms with Crippen LogP contribution in [-0.2, 0) is 9.59 Å². The van der Waals surface area contributed by atoms with Gasteiger partial charge in [-0.15, -0.1) is 0 Å².